The number of methoxy groups -OCH3 is 2. The Labute approximate surface area is 100 Å². The maximum atomic E-state index is 10.7. The number of carboxylic acid groups (broad SMARTS) is 1. The third kappa shape index (κ3) is 3.00. The van der Waals surface area contributed by atoms with Gasteiger partial charge in [-0.2, -0.15) is 0 Å². The van der Waals surface area contributed by atoms with Gasteiger partial charge in [0.25, 0.3) is 0 Å². The second-order valence-corrected chi connectivity index (χ2v) is 3.70. The van der Waals surface area contributed by atoms with Crippen LogP contribution in [-0.2, 0) is 4.79 Å². The number of aliphatic carboxylic acids is 1. The van der Waals surface area contributed by atoms with Crippen molar-refractivity contribution in [3.63, 3.8) is 0 Å². The molecule has 0 saturated heterocycles. The molecule has 0 heterocycles. The van der Waals surface area contributed by atoms with E-state index in [9.17, 15) is 4.79 Å². The molecule has 0 saturated carbocycles. The minimum Gasteiger partial charge on any atom is -0.493 e. The van der Waals surface area contributed by atoms with Crippen LogP contribution in [0, 0.1) is 6.92 Å². The fourth-order valence-corrected chi connectivity index (χ4v) is 1.64. The second kappa shape index (κ2) is 5.39. The first-order valence-electron chi connectivity index (χ1n) is 5.12. The van der Waals surface area contributed by atoms with Crippen LogP contribution in [0.3, 0.4) is 0 Å². The van der Waals surface area contributed by atoms with Crippen molar-refractivity contribution in [2.75, 3.05) is 14.2 Å². The molecule has 4 heteroatoms. The van der Waals surface area contributed by atoms with Gasteiger partial charge >= 0.3 is 5.97 Å². The van der Waals surface area contributed by atoms with E-state index >= 15 is 0 Å². The predicted molar refractivity (Wildman–Crippen MR) is 65.6 cm³/mol. The molecule has 1 aromatic carbocycles. The number of carbonyl (C=O) groups is 1. The Morgan fingerprint density at radius 2 is 1.82 bits per heavy atom. The average Bonchev–Trinajstić information content (AvgIpc) is 2.27. The summed E-state index contributed by atoms with van der Waals surface area (Å²) in [6.45, 7) is 5.66. The normalized spacial score (nSPS) is 9.82. The number of rotatable bonds is 5. The lowest BCUT2D eigenvalue weighted by Crippen LogP contribution is -1.99. The van der Waals surface area contributed by atoms with Crippen LogP contribution in [0.5, 0.6) is 11.5 Å². The van der Waals surface area contributed by atoms with E-state index in [2.05, 4.69) is 6.58 Å². The van der Waals surface area contributed by atoms with E-state index in [4.69, 9.17) is 14.6 Å². The topological polar surface area (TPSA) is 55.8 Å². The Hall–Kier alpha value is -1.97. The van der Waals surface area contributed by atoms with Crippen LogP contribution in [0.25, 0.3) is 5.57 Å². The molecule has 0 spiro atoms. The van der Waals surface area contributed by atoms with E-state index in [0.717, 1.165) is 11.1 Å². The summed E-state index contributed by atoms with van der Waals surface area (Å²) >= 11 is 0. The van der Waals surface area contributed by atoms with E-state index in [0.29, 0.717) is 17.1 Å². The standard InChI is InChI=1S/C13H16O4/c1-8-5-11(16-3)12(17-4)7-10(8)9(2)6-13(14)15/h5,7H,2,6H2,1,3-4H3,(H,14,15). The molecule has 1 N–H and O–H groups in total. The molecule has 1 aromatic rings. The number of carboxylic acids is 1. The largest absolute Gasteiger partial charge is 0.493 e. The summed E-state index contributed by atoms with van der Waals surface area (Å²) < 4.78 is 10.3. The van der Waals surface area contributed by atoms with Crippen LogP contribution in [0.2, 0.25) is 0 Å². The molecule has 4 nitrogen and oxygen atoms in total. The monoisotopic (exact) mass is 236 g/mol. The number of aryl methyl sites for hydroxylation is 1. The lowest BCUT2D eigenvalue weighted by molar-refractivity contribution is -0.135. The molecule has 0 fully saturated rings. The molecule has 0 radical (unpaired) electrons. The minimum atomic E-state index is -0.899. The van der Waals surface area contributed by atoms with Crippen LogP contribution >= 0.6 is 0 Å². The second-order valence-electron chi connectivity index (χ2n) is 3.70. The van der Waals surface area contributed by atoms with E-state index in [1.807, 2.05) is 6.92 Å². The molecule has 0 aliphatic carbocycles. The Bertz CT molecular complexity index is 449. The molecule has 0 atom stereocenters. The van der Waals surface area contributed by atoms with Crippen LogP contribution in [0.1, 0.15) is 17.5 Å². The first-order chi connectivity index (χ1) is 7.99. The highest BCUT2D eigenvalue weighted by Gasteiger charge is 2.12. The van der Waals surface area contributed by atoms with Crippen molar-refractivity contribution in [3.8, 4) is 11.5 Å². The molecular weight excluding hydrogens is 220 g/mol. The molecule has 17 heavy (non-hydrogen) atoms. The van der Waals surface area contributed by atoms with Gasteiger partial charge in [0.1, 0.15) is 0 Å². The van der Waals surface area contributed by atoms with Crippen molar-refractivity contribution in [2.45, 2.75) is 13.3 Å². The molecule has 0 bridgehead atoms. The number of ether oxygens (including phenoxy) is 2. The maximum absolute atomic E-state index is 10.7. The summed E-state index contributed by atoms with van der Waals surface area (Å²) in [4.78, 5) is 10.7. The van der Waals surface area contributed by atoms with Crippen molar-refractivity contribution in [3.05, 3.63) is 29.8 Å². The highest BCUT2D eigenvalue weighted by atomic mass is 16.5. The summed E-state index contributed by atoms with van der Waals surface area (Å²) in [6.07, 6.45) is -0.0870. The van der Waals surface area contributed by atoms with E-state index in [-0.39, 0.29) is 6.42 Å². The van der Waals surface area contributed by atoms with Gasteiger partial charge in [0.05, 0.1) is 20.6 Å². The van der Waals surface area contributed by atoms with Gasteiger partial charge in [-0.05, 0) is 35.8 Å². The number of benzene rings is 1. The summed E-state index contributed by atoms with van der Waals surface area (Å²) in [5, 5.41) is 8.75. The quantitative estimate of drug-likeness (QED) is 0.853. The van der Waals surface area contributed by atoms with Gasteiger partial charge in [0.2, 0.25) is 0 Å². The van der Waals surface area contributed by atoms with Gasteiger partial charge in [-0.15, -0.1) is 0 Å². The molecular formula is C13H16O4. The first-order valence-corrected chi connectivity index (χ1v) is 5.12. The van der Waals surface area contributed by atoms with Crippen molar-refractivity contribution in [2.24, 2.45) is 0 Å². The molecule has 0 aromatic heterocycles. The molecule has 92 valence electrons. The predicted octanol–water partition coefficient (Wildman–Crippen LogP) is 2.50. The van der Waals surface area contributed by atoms with E-state index in [1.165, 1.54) is 7.11 Å². The summed E-state index contributed by atoms with van der Waals surface area (Å²) in [6, 6.07) is 3.56. The Morgan fingerprint density at radius 1 is 1.29 bits per heavy atom. The maximum Gasteiger partial charge on any atom is 0.307 e. The number of hydrogen-bond donors (Lipinski definition) is 1. The zero-order valence-corrected chi connectivity index (χ0v) is 10.2. The molecule has 1 rings (SSSR count). The highest BCUT2D eigenvalue weighted by molar-refractivity contribution is 5.84. The lowest BCUT2D eigenvalue weighted by Gasteiger charge is -2.13. The summed E-state index contributed by atoms with van der Waals surface area (Å²) in [5.74, 6) is 0.292. The molecule has 0 aliphatic rings. The lowest BCUT2D eigenvalue weighted by atomic mass is 9.99. The van der Waals surface area contributed by atoms with Gasteiger partial charge in [-0.25, -0.2) is 0 Å². The fourth-order valence-electron chi connectivity index (χ4n) is 1.64. The van der Waals surface area contributed by atoms with Gasteiger partial charge < -0.3 is 14.6 Å². The Kier molecular flexibility index (Phi) is 4.15. The van der Waals surface area contributed by atoms with Gasteiger partial charge in [-0.3, -0.25) is 4.79 Å². The smallest absolute Gasteiger partial charge is 0.307 e. The summed E-state index contributed by atoms with van der Waals surface area (Å²) in [5.41, 5.74) is 2.25. The van der Waals surface area contributed by atoms with Crippen molar-refractivity contribution in [1.29, 1.82) is 0 Å². The minimum absolute atomic E-state index is 0.0870. The highest BCUT2D eigenvalue weighted by Crippen LogP contribution is 2.33. The SMILES string of the molecule is C=C(CC(=O)O)c1cc(OC)c(OC)cc1C. The van der Waals surface area contributed by atoms with Gasteiger partial charge in [-0.1, -0.05) is 6.58 Å². The Balaban J connectivity index is 3.16. The van der Waals surface area contributed by atoms with Crippen LogP contribution in [-0.4, -0.2) is 25.3 Å². The first kappa shape index (κ1) is 13.1. The molecule has 0 amide bonds. The van der Waals surface area contributed by atoms with Crippen LogP contribution in [0.4, 0.5) is 0 Å². The van der Waals surface area contributed by atoms with Gasteiger partial charge in [0.15, 0.2) is 11.5 Å². The van der Waals surface area contributed by atoms with Crippen LogP contribution in [0.15, 0.2) is 18.7 Å². The number of hydrogen-bond acceptors (Lipinski definition) is 3. The van der Waals surface area contributed by atoms with Crippen molar-refractivity contribution in [1.82, 2.24) is 0 Å². The van der Waals surface area contributed by atoms with Crippen LogP contribution < -0.4 is 9.47 Å². The third-order valence-corrected chi connectivity index (χ3v) is 2.48. The zero-order valence-electron chi connectivity index (χ0n) is 10.2. The average molecular weight is 236 g/mol. The Morgan fingerprint density at radius 3 is 2.29 bits per heavy atom. The zero-order chi connectivity index (χ0) is 13.0. The van der Waals surface area contributed by atoms with Crippen molar-refractivity contribution < 1.29 is 19.4 Å². The van der Waals surface area contributed by atoms with E-state index in [1.54, 1.807) is 19.2 Å². The molecule has 0 unspecified atom stereocenters. The summed E-state index contributed by atoms with van der Waals surface area (Å²) in [7, 11) is 3.10. The van der Waals surface area contributed by atoms with Gasteiger partial charge in [0, 0.05) is 0 Å². The third-order valence-electron chi connectivity index (χ3n) is 2.48. The molecule has 0 aliphatic heterocycles. The van der Waals surface area contributed by atoms with Crippen molar-refractivity contribution >= 4 is 11.5 Å². The fraction of sp³-hybridized carbons (Fsp3) is 0.308. The van der Waals surface area contributed by atoms with E-state index < -0.39 is 5.97 Å².